The number of nitro groups is 2. The highest BCUT2D eigenvalue weighted by Gasteiger charge is 2.14. The summed E-state index contributed by atoms with van der Waals surface area (Å²) in [5, 5.41) is 29.6. The molecule has 0 aromatic heterocycles. The van der Waals surface area contributed by atoms with Gasteiger partial charge >= 0.3 is 0 Å². The predicted molar refractivity (Wildman–Crippen MR) is 124 cm³/mol. The van der Waals surface area contributed by atoms with Gasteiger partial charge in [0.1, 0.15) is 11.5 Å². The number of benzene rings is 2. The second-order valence-electron chi connectivity index (χ2n) is 5.75. The van der Waals surface area contributed by atoms with Crippen LogP contribution in [-0.2, 0) is 0 Å². The fourth-order valence-electron chi connectivity index (χ4n) is 1.91. The van der Waals surface area contributed by atoms with Crippen molar-refractivity contribution < 1.29 is 29.3 Å². The predicted octanol–water partition coefficient (Wildman–Crippen LogP) is 5.14. The van der Waals surface area contributed by atoms with E-state index in [1.54, 1.807) is 0 Å². The number of hydrogen-bond donors (Lipinski definition) is 1. The molecule has 0 amide bonds. The second kappa shape index (κ2) is 15.7. The normalized spacial score (nSPS) is 9.26. The van der Waals surface area contributed by atoms with Gasteiger partial charge in [0.2, 0.25) is 0 Å². The monoisotopic (exact) mass is 546 g/mol. The molecule has 0 aliphatic rings. The van der Waals surface area contributed by atoms with Crippen molar-refractivity contribution in [2.45, 2.75) is 26.7 Å². The Hall–Kier alpha value is -3.09. The van der Waals surface area contributed by atoms with E-state index in [-0.39, 0.29) is 28.3 Å². The number of ether oxygens (including phenoxy) is 1. The van der Waals surface area contributed by atoms with E-state index in [1.165, 1.54) is 29.0 Å². The molecule has 0 radical (unpaired) electrons. The lowest BCUT2D eigenvalue weighted by atomic mass is 10.2. The lowest BCUT2D eigenvalue weighted by Gasteiger charge is -2.04. The van der Waals surface area contributed by atoms with Gasteiger partial charge < -0.3 is 9.84 Å². The van der Waals surface area contributed by atoms with Crippen molar-refractivity contribution in [1.29, 1.82) is 0 Å². The van der Waals surface area contributed by atoms with Crippen LogP contribution in [0.2, 0.25) is 0 Å². The summed E-state index contributed by atoms with van der Waals surface area (Å²) in [4.78, 5) is 40.4. The van der Waals surface area contributed by atoms with E-state index >= 15 is 0 Å². The molecule has 2 aromatic rings. The average Bonchev–Trinajstić information content (AvgIpc) is 2.77. The first kappa shape index (κ1) is 27.9. The van der Waals surface area contributed by atoms with Crippen LogP contribution in [0.15, 0.2) is 36.4 Å². The molecule has 10 nitrogen and oxygen atoms in total. The van der Waals surface area contributed by atoms with Gasteiger partial charge in [-0.05, 0) is 41.5 Å². The molecule has 0 saturated carbocycles. The molecule has 1 N–H and O–H groups in total. The molecular weight excluding hydrogens is 523 g/mol. The van der Waals surface area contributed by atoms with Crippen LogP contribution in [0.3, 0.4) is 0 Å². The highest BCUT2D eigenvalue weighted by Crippen LogP contribution is 2.23. The van der Waals surface area contributed by atoms with Crippen LogP contribution in [0, 0.1) is 20.2 Å². The number of aromatic hydroxyl groups is 1. The molecule has 0 aliphatic heterocycles. The van der Waals surface area contributed by atoms with Gasteiger partial charge in [-0.3, -0.25) is 29.8 Å². The third-order valence-corrected chi connectivity index (χ3v) is 4.40. The van der Waals surface area contributed by atoms with Crippen molar-refractivity contribution in [3.05, 3.63) is 67.8 Å². The number of carbonyl (C=O) groups excluding carboxylic acids is 2. The quantitative estimate of drug-likeness (QED) is 0.157. The lowest BCUT2D eigenvalue weighted by molar-refractivity contribution is -0.385. The number of halogens is 1. The van der Waals surface area contributed by atoms with Crippen LogP contribution < -0.4 is 4.74 Å². The molecule has 0 fully saturated rings. The van der Waals surface area contributed by atoms with Crippen LogP contribution in [0.5, 0.6) is 11.5 Å². The number of nitro benzene ring substituents is 2. The molecule has 0 saturated heterocycles. The maximum atomic E-state index is 10.6. The largest absolute Gasteiger partial charge is 0.508 e. The van der Waals surface area contributed by atoms with E-state index in [9.17, 15) is 29.8 Å². The third kappa shape index (κ3) is 10.5. The minimum Gasteiger partial charge on any atom is -0.508 e. The number of carbonyl (C=O) groups is 2. The van der Waals surface area contributed by atoms with Crippen molar-refractivity contribution in [2.24, 2.45) is 0 Å². The molecule has 168 valence electrons. The smallest absolute Gasteiger partial charge is 0.280 e. The lowest BCUT2D eigenvalue weighted by Crippen LogP contribution is -1.98. The summed E-state index contributed by atoms with van der Waals surface area (Å²) in [6.07, 6.45) is 2.93. The number of aldehydes is 2. The van der Waals surface area contributed by atoms with E-state index in [2.05, 4.69) is 29.5 Å². The van der Waals surface area contributed by atoms with Crippen LogP contribution in [0.25, 0.3) is 0 Å². The Bertz CT molecular complexity index is 887. The van der Waals surface area contributed by atoms with Gasteiger partial charge in [0.15, 0.2) is 12.6 Å². The number of phenolic OH excluding ortho intramolecular Hbond substituents is 1. The molecular formula is C20H23IN2O8. The highest BCUT2D eigenvalue weighted by molar-refractivity contribution is 14.1. The minimum atomic E-state index is -0.677. The number of phenols is 1. The number of rotatable bonds is 8. The molecule has 0 aliphatic carbocycles. The van der Waals surface area contributed by atoms with Crippen LogP contribution in [-0.4, -0.2) is 38.6 Å². The Labute approximate surface area is 192 Å². The van der Waals surface area contributed by atoms with Gasteiger partial charge in [0.05, 0.1) is 27.6 Å². The van der Waals surface area contributed by atoms with E-state index in [1.807, 2.05) is 6.92 Å². The molecule has 11 heteroatoms. The minimum absolute atomic E-state index is 0.0357. The SMILES string of the molecule is CCCI.CCCOc1ccc([N+](=O)[O-])c(C=O)c1.O=Cc1cc(O)ccc1[N+](=O)[O-]. The number of alkyl halides is 1. The van der Waals surface area contributed by atoms with Crippen LogP contribution >= 0.6 is 22.6 Å². The van der Waals surface area contributed by atoms with Gasteiger partial charge in [-0.25, -0.2) is 0 Å². The summed E-state index contributed by atoms with van der Waals surface area (Å²) in [6.45, 7) is 4.65. The molecule has 0 heterocycles. The summed E-state index contributed by atoms with van der Waals surface area (Å²) >= 11 is 2.35. The van der Waals surface area contributed by atoms with E-state index in [0.717, 1.165) is 24.6 Å². The first-order valence-electron chi connectivity index (χ1n) is 9.10. The average molecular weight is 546 g/mol. The fourth-order valence-corrected chi connectivity index (χ4v) is 1.91. The van der Waals surface area contributed by atoms with E-state index < -0.39 is 9.85 Å². The second-order valence-corrected chi connectivity index (χ2v) is 6.83. The molecule has 0 atom stereocenters. The first-order valence-corrected chi connectivity index (χ1v) is 10.6. The van der Waals surface area contributed by atoms with Crippen molar-refractivity contribution in [3.8, 4) is 11.5 Å². The zero-order valence-electron chi connectivity index (χ0n) is 17.0. The third-order valence-electron chi connectivity index (χ3n) is 3.32. The fraction of sp³-hybridized carbons (Fsp3) is 0.300. The summed E-state index contributed by atoms with van der Waals surface area (Å²) in [5.74, 6) is 0.312. The Morgan fingerprint density at radius 3 is 1.84 bits per heavy atom. The van der Waals surface area contributed by atoms with Crippen LogP contribution in [0.1, 0.15) is 47.4 Å². The van der Waals surface area contributed by atoms with Crippen molar-refractivity contribution in [2.75, 3.05) is 11.0 Å². The Balaban J connectivity index is 0.000000504. The van der Waals surface area contributed by atoms with Gasteiger partial charge in [-0.15, -0.1) is 0 Å². The summed E-state index contributed by atoms with van der Waals surface area (Å²) in [6, 6.07) is 7.42. The zero-order chi connectivity index (χ0) is 23.8. The molecule has 31 heavy (non-hydrogen) atoms. The molecule has 2 rings (SSSR count). The first-order chi connectivity index (χ1) is 14.7. The maximum Gasteiger partial charge on any atom is 0.280 e. The van der Waals surface area contributed by atoms with Crippen LogP contribution in [0.4, 0.5) is 11.4 Å². The Kier molecular flexibility index (Phi) is 14.1. The van der Waals surface area contributed by atoms with Gasteiger partial charge in [-0.2, -0.15) is 0 Å². The van der Waals surface area contributed by atoms with Gasteiger partial charge in [0, 0.05) is 12.1 Å². The van der Waals surface area contributed by atoms with E-state index in [0.29, 0.717) is 24.9 Å². The summed E-state index contributed by atoms with van der Waals surface area (Å²) in [5.41, 5.74) is -0.592. The molecule has 0 bridgehead atoms. The standard InChI is InChI=1S/C10H11NO4.C7H5NO4.C3H7I/c1-2-5-15-9-3-4-10(11(13)14)8(6-9)7-12;9-4-5-3-6(10)1-2-7(5)8(11)12;1-2-3-4/h3-4,6-7H,2,5H2,1H3;1-4,10H;2-3H2,1H3. The van der Waals surface area contributed by atoms with Crippen molar-refractivity contribution in [3.63, 3.8) is 0 Å². The molecule has 0 unspecified atom stereocenters. The topological polar surface area (TPSA) is 150 Å². The Morgan fingerprint density at radius 1 is 0.935 bits per heavy atom. The number of nitrogens with zero attached hydrogens (tertiary/aromatic N) is 2. The van der Waals surface area contributed by atoms with Gasteiger partial charge in [-0.1, -0.05) is 36.4 Å². The summed E-state index contributed by atoms with van der Waals surface area (Å²) < 4.78 is 6.54. The highest BCUT2D eigenvalue weighted by atomic mass is 127. The maximum absolute atomic E-state index is 10.6. The van der Waals surface area contributed by atoms with E-state index in [4.69, 9.17) is 9.84 Å². The Morgan fingerprint density at radius 2 is 1.42 bits per heavy atom. The number of hydrogen-bond acceptors (Lipinski definition) is 8. The molecule has 0 spiro atoms. The zero-order valence-corrected chi connectivity index (χ0v) is 19.2. The summed E-state index contributed by atoms with van der Waals surface area (Å²) in [7, 11) is 0. The van der Waals surface area contributed by atoms with Crippen molar-refractivity contribution in [1.82, 2.24) is 0 Å². The van der Waals surface area contributed by atoms with Crippen molar-refractivity contribution >= 4 is 46.5 Å². The van der Waals surface area contributed by atoms with Gasteiger partial charge in [0.25, 0.3) is 11.4 Å². The molecule has 2 aromatic carbocycles.